The van der Waals surface area contributed by atoms with Gasteiger partial charge in [-0.3, -0.25) is 4.79 Å². The van der Waals surface area contributed by atoms with Crippen molar-refractivity contribution < 1.29 is 14.3 Å². The first-order chi connectivity index (χ1) is 11.8. The van der Waals surface area contributed by atoms with Crippen LogP contribution in [-0.4, -0.2) is 43.2 Å². The quantitative estimate of drug-likeness (QED) is 0.856. The van der Waals surface area contributed by atoms with E-state index < -0.39 is 6.10 Å². The van der Waals surface area contributed by atoms with Crippen LogP contribution in [0.3, 0.4) is 0 Å². The molecule has 1 amide bonds. The Labute approximate surface area is 154 Å². The molecule has 0 fully saturated rings. The number of hydrogen-bond acceptors (Lipinski definition) is 4. The van der Waals surface area contributed by atoms with Gasteiger partial charge in [-0.2, -0.15) is 0 Å². The zero-order valence-corrected chi connectivity index (χ0v) is 14.8. The Kier molecular flexibility index (Phi) is 7.10. The number of carbonyl (C=O) groups is 1. The highest BCUT2D eigenvalue weighted by molar-refractivity contribution is 5.85. The van der Waals surface area contributed by atoms with Crippen LogP contribution in [0.2, 0.25) is 0 Å². The topological polar surface area (TPSA) is 64.8 Å². The average Bonchev–Trinajstić information content (AvgIpc) is 2.65. The largest absolute Gasteiger partial charge is 0.485 e. The summed E-state index contributed by atoms with van der Waals surface area (Å²) in [4.78, 5) is 14.5. The zero-order chi connectivity index (χ0) is 16.8. The van der Waals surface area contributed by atoms with Gasteiger partial charge in [0.25, 0.3) is 5.91 Å². The number of nitrogens with zero attached hydrogens (tertiary/aromatic N) is 1. The van der Waals surface area contributed by atoms with E-state index in [2.05, 4.69) is 12.1 Å². The predicted octanol–water partition coefficient (Wildman–Crippen LogP) is 2.28. The molecule has 0 saturated heterocycles. The van der Waals surface area contributed by atoms with Gasteiger partial charge in [-0.05, 0) is 24.1 Å². The number of nitrogens with two attached hydrogens (primary N) is 1. The molecular weight excluding hydrogens is 340 g/mol. The molecule has 1 heterocycles. The van der Waals surface area contributed by atoms with Crippen molar-refractivity contribution in [2.24, 2.45) is 5.73 Å². The number of amides is 1. The van der Waals surface area contributed by atoms with Gasteiger partial charge in [0.2, 0.25) is 6.10 Å². The SMILES string of the molecule is Cl.NCCN(CCc1ccccc1)C(=O)C1COc2ccccc2O1. The third-order valence-corrected chi connectivity index (χ3v) is 4.01. The maximum atomic E-state index is 12.8. The summed E-state index contributed by atoms with van der Waals surface area (Å²) in [7, 11) is 0. The van der Waals surface area contributed by atoms with Gasteiger partial charge < -0.3 is 20.1 Å². The molecule has 1 aliphatic rings. The molecule has 5 nitrogen and oxygen atoms in total. The average molecular weight is 363 g/mol. The third kappa shape index (κ3) is 4.87. The minimum atomic E-state index is -0.623. The smallest absolute Gasteiger partial charge is 0.267 e. The molecule has 0 saturated carbocycles. The Morgan fingerprint density at radius 1 is 1.04 bits per heavy atom. The number of benzene rings is 2. The molecule has 1 aliphatic heterocycles. The van der Waals surface area contributed by atoms with Crippen LogP contribution in [0.4, 0.5) is 0 Å². The molecule has 134 valence electrons. The van der Waals surface area contributed by atoms with Crippen LogP contribution in [0.5, 0.6) is 11.5 Å². The zero-order valence-electron chi connectivity index (χ0n) is 14.0. The van der Waals surface area contributed by atoms with Crippen molar-refractivity contribution in [1.82, 2.24) is 4.90 Å². The Morgan fingerprint density at radius 3 is 2.44 bits per heavy atom. The standard InChI is InChI=1S/C19H22N2O3.ClH/c20-11-13-21(12-10-15-6-2-1-3-7-15)19(22)18-14-23-16-8-4-5-9-17(16)24-18;/h1-9,18H,10-14,20H2;1H. The maximum absolute atomic E-state index is 12.8. The number of ether oxygens (including phenoxy) is 2. The van der Waals surface area contributed by atoms with E-state index in [-0.39, 0.29) is 24.9 Å². The summed E-state index contributed by atoms with van der Waals surface area (Å²) in [5, 5.41) is 0. The van der Waals surface area contributed by atoms with E-state index in [1.54, 1.807) is 4.90 Å². The number of hydrogen-bond donors (Lipinski definition) is 1. The van der Waals surface area contributed by atoms with E-state index >= 15 is 0 Å². The summed E-state index contributed by atoms with van der Waals surface area (Å²) >= 11 is 0. The fraction of sp³-hybridized carbons (Fsp3) is 0.316. The molecule has 0 radical (unpaired) electrons. The van der Waals surface area contributed by atoms with Gasteiger partial charge >= 0.3 is 0 Å². The highest BCUT2D eigenvalue weighted by Gasteiger charge is 2.30. The molecule has 0 aromatic heterocycles. The highest BCUT2D eigenvalue weighted by Crippen LogP contribution is 2.31. The number of para-hydroxylation sites is 2. The second-order valence-electron chi connectivity index (χ2n) is 5.71. The molecule has 0 bridgehead atoms. The lowest BCUT2D eigenvalue weighted by Gasteiger charge is -2.30. The van der Waals surface area contributed by atoms with Gasteiger partial charge in [0.1, 0.15) is 6.61 Å². The summed E-state index contributed by atoms with van der Waals surface area (Å²) < 4.78 is 11.5. The lowest BCUT2D eigenvalue weighted by molar-refractivity contribution is -0.141. The lowest BCUT2D eigenvalue weighted by Crippen LogP contribution is -2.48. The van der Waals surface area contributed by atoms with E-state index in [1.807, 2.05) is 42.5 Å². The van der Waals surface area contributed by atoms with E-state index in [9.17, 15) is 4.79 Å². The maximum Gasteiger partial charge on any atom is 0.267 e. The highest BCUT2D eigenvalue weighted by atomic mass is 35.5. The van der Waals surface area contributed by atoms with Gasteiger partial charge in [0.05, 0.1) is 0 Å². The van der Waals surface area contributed by atoms with Crippen LogP contribution in [0, 0.1) is 0 Å². The second-order valence-corrected chi connectivity index (χ2v) is 5.71. The molecule has 1 atom stereocenters. The summed E-state index contributed by atoms with van der Waals surface area (Å²) in [6.07, 6.45) is 0.165. The Hall–Kier alpha value is -2.24. The third-order valence-electron chi connectivity index (χ3n) is 4.01. The van der Waals surface area contributed by atoms with Gasteiger partial charge in [-0.15, -0.1) is 12.4 Å². The van der Waals surface area contributed by atoms with E-state index in [0.29, 0.717) is 31.1 Å². The fourth-order valence-electron chi connectivity index (χ4n) is 2.74. The first kappa shape index (κ1) is 19.1. The van der Waals surface area contributed by atoms with Gasteiger partial charge in [-0.1, -0.05) is 42.5 Å². The van der Waals surface area contributed by atoms with Crippen molar-refractivity contribution in [2.75, 3.05) is 26.2 Å². The Morgan fingerprint density at radius 2 is 1.72 bits per heavy atom. The molecule has 6 heteroatoms. The molecule has 1 unspecified atom stereocenters. The fourth-order valence-corrected chi connectivity index (χ4v) is 2.74. The van der Waals surface area contributed by atoms with Crippen molar-refractivity contribution in [3.05, 3.63) is 60.2 Å². The van der Waals surface area contributed by atoms with Crippen molar-refractivity contribution in [3.63, 3.8) is 0 Å². The monoisotopic (exact) mass is 362 g/mol. The summed E-state index contributed by atoms with van der Waals surface area (Å²) in [6, 6.07) is 17.5. The summed E-state index contributed by atoms with van der Waals surface area (Å²) in [5.74, 6) is 1.21. The molecule has 25 heavy (non-hydrogen) atoms. The Balaban J connectivity index is 0.00000225. The van der Waals surface area contributed by atoms with Crippen LogP contribution in [-0.2, 0) is 11.2 Å². The molecule has 3 rings (SSSR count). The normalized spacial score (nSPS) is 15.2. The van der Waals surface area contributed by atoms with E-state index in [4.69, 9.17) is 15.2 Å². The molecular formula is C19H23ClN2O3. The van der Waals surface area contributed by atoms with Crippen molar-refractivity contribution >= 4 is 18.3 Å². The van der Waals surface area contributed by atoms with Crippen LogP contribution in [0.1, 0.15) is 5.56 Å². The molecule has 2 N–H and O–H groups in total. The molecule has 2 aromatic rings. The first-order valence-corrected chi connectivity index (χ1v) is 8.19. The molecule has 0 aliphatic carbocycles. The van der Waals surface area contributed by atoms with Crippen molar-refractivity contribution in [2.45, 2.75) is 12.5 Å². The number of rotatable bonds is 6. The van der Waals surface area contributed by atoms with Crippen LogP contribution in [0.25, 0.3) is 0 Å². The van der Waals surface area contributed by atoms with Crippen molar-refractivity contribution in [1.29, 1.82) is 0 Å². The molecule has 2 aromatic carbocycles. The first-order valence-electron chi connectivity index (χ1n) is 8.19. The van der Waals surface area contributed by atoms with E-state index in [1.165, 1.54) is 5.56 Å². The summed E-state index contributed by atoms with van der Waals surface area (Å²) in [6.45, 7) is 1.77. The van der Waals surface area contributed by atoms with Gasteiger partial charge in [0.15, 0.2) is 11.5 Å². The lowest BCUT2D eigenvalue weighted by atomic mass is 10.1. The van der Waals surface area contributed by atoms with Gasteiger partial charge in [-0.25, -0.2) is 0 Å². The summed E-state index contributed by atoms with van der Waals surface area (Å²) in [5.41, 5.74) is 6.87. The van der Waals surface area contributed by atoms with Crippen molar-refractivity contribution in [3.8, 4) is 11.5 Å². The van der Waals surface area contributed by atoms with Crippen LogP contribution in [0.15, 0.2) is 54.6 Å². The molecule has 0 spiro atoms. The van der Waals surface area contributed by atoms with Crippen LogP contribution < -0.4 is 15.2 Å². The van der Waals surface area contributed by atoms with Gasteiger partial charge in [0, 0.05) is 19.6 Å². The number of carbonyl (C=O) groups excluding carboxylic acids is 1. The number of fused-ring (bicyclic) bond motifs is 1. The Bertz CT molecular complexity index is 681. The minimum absolute atomic E-state index is 0. The van der Waals surface area contributed by atoms with E-state index in [0.717, 1.165) is 6.42 Å². The second kappa shape index (κ2) is 9.30. The number of halogens is 1. The van der Waals surface area contributed by atoms with Crippen LogP contribution >= 0.6 is 12.4 Å². The minimum Gasteiger partial charge on any atom is -0.485 e. The predicted molar refractivity (Wildman–Crippen MR) is 99.4 cm³/mol.